The summed E-state index contributed by atoms with van der Waals surface area (Å²) in [6.07, 6.45) is 0. The third-order valence-corrected chi connectivity index (χ3v) is 1.70. The summed E-state index contributed by atoms with van der Waals surface area (Å²) in [5.74, 6) is -4.14. The van der Waals surface area contributed by atoms with Gasteiger partial charge in [0.15, 0.2) is 17.2 Å². The highest BCUT2D eigenvalue weighted by molar-refractivity contribution is 6.37. The van der Waals surface area contributed by atoms with E-state index in [1.54, 1.807) is 0 Å². The van der Waals surface area contributed by atoms with Crippen molar-refractivity contribution in [3.05, 3.63) is 12.1 Å². The zero-order valence-electron chi connectivity index (χ0n) is 8.22. The minimum absolute atomic E-state index is 0.0526. The number of carbonyl (C=O) groups excluding carboxylic acids is 2. The lowest BCUT2D eigenvalue weighted by molar-refractivity contribution is -0.150. The molecule has 0 radical (unpaired) electrons. The first-order valence-corrected chi connectivity index (χ1v) is 4.10. The number of phenolic OH excluding ortho intramolecular Hbond substituents is 3. The minimum atomic E-state index is -1.12. The molecule has 86 valence electrons. The number of benzene rings is 1. The molecular formula is C9H9NO6. The first-order valence-electron chi connectivity index (χ1n) is 4.10. The number of hydrogen-bond acceptors (Lipinski definition) is 6. The van der Waals surface area contributed by atoms with Crippen molar-refractivity contribution in [2.45, 2.75) is 0 Å². The highest BCUT2D eigenvalue weighted by Gasteiger charge is 2.15. The van der Waals surface area contributed by atoms with Gasteiger partial charge in [-0.3, -0.25) is 4.79 Å². The highest BCUT2D eigenvalue weighted by atomic mass is 16.5. The predicted molar refractivity (Wildman–Crippen MR) is 52.1 cm³/mol. The number of hydrogen-bond donors (Lipinski definition) is 4. The molecule has 1 aromatic carbocycles. The first-order chi connectivity index (χ1) is 7.45. The number of methoxy groups -OCH3 is 1. The van der Waals surface area contributed by atoms with Crippen molar-refractivity contribution in [3.63, 3.8) is 0 Å². The monoisotopic (exact) mass is 227 g/mol. The normalized spacial score (nSPS) is 9.56. The van der Waals surface area contributed by atoms with E-state index in [4.69, 9.17) is 15.3 Å². The van der Waals surface area contributed by atoms with E-state index in [1.165, 1.54) is 0 Å². The lowest BCUT2D eigenvalue weighted by Gasteiger charge is -2.06. The lowest BCUT2D eigenvalue weighted by Crippen LogP contribution is -2.23. The fraction of sp³-hybridized carbons (Fsp3) is 0.111. The third kappa shape index (κ3) is 2.32. The Bertz CT molecular complexity index is 419. The number of rotatable bonds is 1. The van der Waals surface area contributed by atoms with Gasteiger partial charge in [-0.05, 0) is 0 Å². The van der Waals surface area contributed by atoms with Crippen LogP contribution in [-0.2, 0) is 14.3 Å². The van der Waals surface area contributed by atoms with E-state index in [1.807, 2.05) is 0 Å². The van der Waals surface area contributed by atoms with E-state index in [-0.39, 0.29) is 5.69 Å². The van der Waals surface area contributed by atoms with Gasteiger partial charge in [-0.25, -0.2) is 4.79 Å². The minimum Gasteiger partial charge on any atom is -0.504 e. The van der Waals surface area contributed by atoms with E-state index in [2.05, 4.69) is 10.1 Å². The molecule has 7 nitrogen and oxygen atoms in total. The Morgan fingerprint density at radius 3 is 2.12 bits per heavy atom. The largest absolute Gasteiger partial charge is 0.504 e. The second-order valence-electron chi connectivity index (χ2n) is 2.81. The first kappa shape index (κ1) is 11.6. The molecule has 0 aliphatic carbocycles. The van der Waals surface area contributed by atoms with Gasteiger partial charge >= 0.3 is 11.9 Å². The van der Waals surface area contributed by atoms with Gasteiger partial charge in [0.1, 0.15) is 0 Å². The number of carbonyl (C=O) groups is 2. The number of nitrogens with one attached hydrogen (secondary N) is 1. The van der Waals surface area contributed by atoms with Gasteiger partial charge in [-0.15, -0.1) is 0 Å². The molecule has 0 aliphatic heterocycles. The van der Waals surface area contributed by atoms with Crippen molar-refractivity contribution in [3.8, 4) is 17.2 Å². The molecule has 0 saturated heterocycles. The number of anilines is 1. The number of aromatic hydroxyl groups is 3. The maximum Gasteiger partial charge on any atom is 0.396 e. The van der Waals surface area contributed by atoms with Gasteiger partial charge in [0.25, 0.3) is 0 Å². The molecule has 0 fully saturated rings. The van der Waals surface area contributed by atoms with Crippen LogP contribution in [0.15, 0.2) is 12.1 Å². The van der Waals surface area contributed by atoms with E-state index < -0.39 is 29.1 Å². The zero-order valence-corrected chi connectivity index (χ0v) is 8.22. The summed E-state index contributed by atoms with van der Waals surface area (Å²) in [5, 5.41) is 29.3. The maximum atomic E-state index is 11.0. The fourth-order valence-electron chi connectivity index (χ4n) is 0.951. The van der Waals surface area contributed by atoms with E-state index in [0.29, 0.717) is 0 Å². The van der Waals surface area contributed by atoms with Gasteiger partial charge < -0.3 is 25.4 Å². The van der Waals surface area contributed by atoms with Crippen LogP contribution in [0.25, 0.3) is 0 Å². The summed E-state index contributed by atoms with van der Waals surface area (Å²) in [4.78, 5) is 21.8. The van der Waals surface area contributed by atoms with Crippen LogP contribution < -0.4 is 5.32 Å². The molecule has 0 unspecified atom stereocenters. The van der Waals surface area contributed by atoms with Crippen molar-refractivity contribution in [1.29, 1.82) is 0 Å². The Balaban J connectivity index is 2.91. The van der Waals surface area contributed by atoms with E-state index >= 15 is 0 Å². The highest BCUT2D eigenvalue weighted by Crippen LogP contribution is 2.37. The van der Waals surface area contributed by atoms with Crippen LogP contribution in [0.1, 0.15) is 0 Å². The van der Waals surface area contributed by atoms with Crippen LogP contribution in [-0.4, -0.2) is 34.3 Å². The Hall–Kier alpha value is -2.44. The summed E-state index contributed by atoms with van der Waals surface area (Å²) in [6, 6.07) is 1.94. The SMILES string of the molecule is COC(=O)C(=O)Nc1cc(O)c(O)c(O)c1. The number of esters is 1. The second-order valence-corrected chi connectivity index (χ2v) is 2.81. The molecule has 0 aromatic heterocycles. The van der Waals surface area contributed by atoms with Crippen LogP contribution in [0.2, 0.25) is 0 Å². The number of phenols is 3. The quantitative estimate of drug-likeness (QED) is 0.231. The van der Waals surface area contributed by atoms with Crippen LogP contribution in [0.5, 0.6) is 17.2 Å². The van der Waals surface area contributed by atoms with Crippen LogP contribution in [0, 0.1) is 0 Å². The van der Waals surface area contributed by atoms with Gasteiger partial charge in [0, 0.05) is 17.8 Å². The van der Waals surface area contributed by atoms with Gasteiger partial charge in [-0.2, -0.15) is 0 Å². The number of amides is 1. The summed E-state index contributed by atoms with van der Waals surface area (Å²) in [7, 11) is 1.04. The average Bonchev–Trinajstić information content (AvgIpc) is 2.24. The Kier molecular flexibility index (Phi) is 3.19. The summed E-state index contributed by atoms with van der Waals surface area (Å²) >= 11 is 0. The smallest absolute Gasteiger partial charge is 0.396 e. The molecule has 4 N–H and O–H groups in total. The van der Waals surface area contributed by atoms with Gasteiger partial charge in [0.2, 0.25) is 0 Å². The van der Waals surface area contributed by atoms with Gasteiger partial charge in [-0.1, -0.05) is 0 Å². The fourth-order valence-corrected chi connectivity index (χ4v) is 0.951. The third-order valence-electron chi connectivity index (χ3n) is 1.70. The molecule has 7 heteroatoms. The Morgan fingerprint density at radius 1 is 1.19 bits per heavy atom. The molecular weight excluding hydrogens is 218 g/mol. The standard InChI is InChI=1S/C9H9NO6/c1-16-9(15)8(14)10-4-2-5(11)7(13)6(12)3-4/h2-3,11-13H,1H3,(H,10,14). The molecule has 0 bridgehead atoms. The van der Waals surface area contributed by atoms with Crippen LogP contribution in [0.3, 0.4) is 0 Å². The summed E-state index contributed by atoms with van der Waals surface area (Å²) in [5.41, 5.74) is -0.0526. The lowest BCUT2D eigenvalue weighted by atomic mass is 10.2. The summed E-state index contributed by atoms with van der Waals surface area (Å²) < 4.78 is 4.14. The molecule has 0 atom stereocenters. The maximum absolute atomic E-state index is 11.0. The van der Waals surface area contributed by atoms with Crippen molar-refractivity contribution in [2.24, 2.45) is 0 Å². The Morgan fingerprint density at radius 2 is 1.69 bits per heavy atom. The molecule has 0 spiro atoms. The van der Waals surface area contributed by atoms with Crippen molar-refractivity contribution in [2.75, 3.05) is 12.4 Å². The van der Waals surface area contributed by atoms with Crippen LogP contribution in [0.4, 0.5) is 5.69 Å². The zero-order chi connectivity index (χ0) is 12.3. The molecule has 0 saturated carbocycles. The topological polar surface area (TPSA) is 116 Å². The Labute approximate surface area is 89.9 Å². The van der Waals surface area contributed by atoms with E-state index in [0.717, 1.165) is 19.2 Å². The summed E-state index contributed by atoms with van der Waals surface area (Å²) in [6.45, 7) is 0. The van der Waals surface area contributed by atoms with Crippen molar-refractivity contribution in [1.82, 2.24) is 0 Å². The second kappa shape index (κ2) is 4.39. The molecule has 16 heavy (non-hydrogen) atoms. The average molecular weight is 227 g/mol. The molecule has 0 heterocycles. The molecule has 1 rings (SSSR count). The number of ether oxygens (including phenoxy) is 1. The molecule has 1 amide bonds. The molecule has 1 aromatic rings. The van der Waals surface area contributed by atoms with Crippen molar-refractivity contribution < 1.29 is 29.6 Å². The van der Waals surface area contributed by atoms with E-state index in [9.17, 15) is 9.59 Å². The van der Waals surface area contributed by atoms with Gasteiger partial charge in [0.05, 0.1) is 7.11 Å². The molecule has 0 aliphatic rings. The van der Waals surface area contributed by atoms with Crippen molar-refractivity contribution >= 4 is 17.6 Å². The van der Waals surface area contributed by atoms with Crippen LogP contribution >= 0.6 is 0 Å². The predicted octanol–water partition coefficient (Wildman–Crippen LogP) is -0.0851.